The SMILES string of the molecule is Cc1cccn2c(=O)cc(CSc3nnnn3C[C@@H]3CCCO3)nc12. The maximum absolute atomic E-state index is 12.3. The quantitative estimate of drug-likeness (QED) is 0.638. The summed E-state index contributed by atoms with van der Waals surface area (Å²) in [5.74, 6) is 0.534. The van der Waals surface area contributed by atoms with E-state index in [0.29, 0.717) is 23.1 Å². The molecule has 1 aliphatic heterocycles. The first-order valence-corrected chi connectivity index (χ1v) is 9.18. The molecule has 9 heteroatoms. The van der Waals surface area contributed by atoms with Crippen molar-refractivity contribution in [2.45, 2.75) is 43.3 Å². The number of hydrogen-bond acceptors (Lipinski definition) is 7. The van der Waals surface area contributed by atoms with Gasteiger partial charge in [-0.05, 0) is 41.8 Å². The van der Waals surface area contributed by atoms with Crippen LogP contribution < -0.4 is 5.56 Å². The molecule has 0 spiro atoms. The normalized spacial score (nSPS) is 17.4. The highest BCUT2D eigenvalue weighted by Crippen LogP contribution is 2.21. The van der Waals surface area contributed by atoms with Crippen LogP contribution in [-0.2, 0) is 17.0 Å². The van der Waals surface area contributed by atoms with Gasteiger partial charge in [0.1, 0.15) is 5.65 Å². The summed E-state index contributed by atoms with van der Waals surface area (Å²) in [5, 5.41) is 12.6. The van der Waals surface area contributed by atoms with Crippen molar-refractivity contribution in [1.29, 1.82) is 0 Å². The average molecular weight is 358 g/mol. The minimum absolute atomic E-state index is 0.0803. The van der Waals surface area contributed by atoms with Gasteiger partial charge in [0.05, 0.1) is 18.3 Å². The lowest BCUT2D eigenvalue weighted by molar-refractivity contribution is 0.0912. The predicted molar refractivity (Wildman–Crippen MR) is 92.6 cm³/mol. The Morgan fingerprint density at radius 1 is 1.44 bits per heavy atom. The maximum Gasteiger partial charge on any atom is 0.258 e. The van der Waals surface area contributed by atoms with Crippen LogP contribution in [-0.4, -0.2) is 42.3 Å². The summed E-state index contributed by atoms with van der Waals surface area (Å²) in [6, 6.07) is 5.35. The summed E-state index contributed by atoms with van der Waals surface area (Å²) < 4.78 is 8.96. The molecule has 0 radical (unpaired) electrons. The summed E-state index contributed by atoms with van der Waals surface area (Å²) in [7, 11) is 0. The predicted octanol–water partition coefficient (Wildman–Crippen LogP) is 1.46. The van der Waals surface area contributed by atoms with Gasteiger partial charge in [0.2, 0.25) is 5.16 Å². The van der Waals surface area contributed by atoms with Crippen molar-refractivity contribution in [2.75, 3.05) is 6.61 Å². The van der Waals surface area contributed by atoms with E-state index in [2.05, 4.69) is 20.5 Å². The second-order valence-electron chi connectivity index (χ2n) is 6.04. The van der Waals surface area contributed by atoms with Crippen LogP contribution in [0.1, 0.15) is 24.1 Å². The number of ether oxygens (including phenoxy) is 1. The summed E-state index contributed by atoms with van der Waals surface area (Å²) >= 11 is 1.47. The Morgan fingerprint density at radius 3 is 3.20 bits per heavy atom. The summed E-state index contributed by atoms with van der Waals surface area (Å²) in [6.45, 7) is 3.41. The Kier molecular flexibility index (Phi) is 4.50. The number of fused-ring (bicyclic) bond motifs is 1. The van der Waals surface area contributed by atoms with Crippen LogP contribution in [0.3, 0.4) is 0 Å². The monoisotopic (exact) mass is 358 g/mol. The highest BCUT2D eigenvalue weighted by Gasteiger charge is 2.19. The lowest BCUT2D eigenvalue weighted by Gasteiger charge is -2.10. The van der Waals surface area contributed by atoms with E-state index in [1.54, 1.807) is 21.3 Å². The van der Waals surface area contributed by atoms with Crippen molar-refractivity contribution >= 4 is 17.4 Å². The first kappa shape index (κ1) is 16.2. The van der Waals surface area contributed by atoms with E-state index in [-0.39, 0.29) is 11.7 Å². The van der Waals surface area contributed by atoms with Crippen LogP contribution >= 0.6 is 11.8 Å². The van der Waals surface area contributed by atoms with E-state index < -0.39 is 0 Å². The van der Waals surface area contributed by atoms with Crippen LogP contribution in [0, 0.1) is 6.92 Å². The molecule has 0 amide bonds. The molecule has 130 valence electrons. The fraction of sp³-hybridized carbons (Fsp3) is 0.438. The second-order valence-corrected chi connectivity index (χ2v) is 6.98. The zero-order valence-corrected chi connectivity index (χ0v) is 14.6. The molecule has 3 aromatic heterocycles. The van der Waals surface area contributed by atoms with Gasteiger partial charge in [-0.1, -0.05) is 17.8 Å². The van der Waals surface area contributed by atoms with E-state index in [1.807, 2.05) is 19.1 Å². The molecule has 3 aromatic rings. The van der Waals surface area contributed by atoms with E-state index in [9.17, 15) is 4.79 Å². The molecule has 0 aliphatic carbocycles. The minimum atomic E-state index is -0.0803. The van der Waals surface area contributed by atoms with Crippen LogP contribution in [0.4, 0.5) is 0 Å². The van der Waals surface area contributed by atoms with E-state index >= 15 is 0 Å². The standard InChI is InChI=1S/C16H18N6O2S/c1-11-4-2-6-21-14(23)8-12(17-15(11)21)10-25-16-18-19-20-22(16)9-13-5-3-7-24-13/h2,4,6,8,13H,3,5,7,9-10H2,1H3/t13-/m0/s1. The molecule has 8 nitrogen and oxygen atoms in total. The number of rotatable bonds is 5. The molecule has 1 aliphatic rings. The molecule has 0 N–H and O–H groups in total. The Morgan fingerprint density at radius 2 is 2.36 bits per heavy atom. The lowest BCUT2D eigenvalue weighted by atomic mass is 10.2. The van der Waals surface area contributed by atoms with Gasteiger partial charge < -0.3 is 4.74 Å². The summed E-state index contributed by atoms with van der Waals surface area (Å²) in [6.07, 6.45) is 4.02. The van der Waals surface area contributed by atoms with Crippen LogP contribution in [0.2, 0.25) is 0 Å². The Labute approximate surface area is 148 Å². The summed E-state index contributed by atoms with van der Waals surface area (Å²) in [5.41, 5.74) is 2.29. The average Bonchev–Trinajstić information content (AvgIpc) is 3.26. The number of nitrogens with zero attached hydrogens (tertiary/aromatic N) is 6. The Hall–Kier alpha value is -2.26. The van der Waals surface area contributed by atoms with Gasteiger partial charge in [-0.15, -0.1) is 5.10 Å². The number of aryl methyl sites for hydroxylation is 1. The molecule has 1 fully saturated rings. The molecular formula is C16H18N6O2S. The van der Waals surface area contributed by atoms with E-state index in [0.717, 1.165) is 30.7 Å². The van der Waals surface area contributed by atoms with Gasteiger partial charge in [0.25, 0.3) is 5.56 Å². The lowest BCUT2D eigenvalue weighted by Crippen LogP contribution is -2.17. The molecule has 0 unspecified atom stereocenters. The van der Waals surface area contributed by atoms with Gasteiger partial charge in [-0.3, -0.25) is 9.20 Å². The van der Waals surface area contributed by atoms with Crippen molar-refractivity contribution in [1.82, 2.24) is 29.6 Å². The van der Waals surface area contributed by atoms with Crippen LogP contribution in [0.15, 0.2) is 34.3 Å². The molecule has 1 atom stereocenters. The number of pyridine rings is 1. The summed E-state index contributed by atoms with van der Waals surface area (Å²) in [4.78, 5) is 16.9. The van der Waals surface area contributed by atoms with Gasteiger partial charge >= 0.3 is 0 Å². The van der Waals surface area contributed by atoms with Crippen molar-refractivity contribution in [2.24, 2.45) is 0 Å². The highest BCUT2D eigenvalue weighted by atomic mass is 32.2. The van der Waals surface area contributed by atoms with Crippen molar-refractivity contribution in [3.05, 3.63) is 46.0 Å². The van der Waals surface area contributed by atoms with Gasteiger partial charge in [-0.25, -0.2) is 9.67 Å². The molecule has 1 saturated heterocycles. The topological polar surface area (TPSA) is 87.2 Å². The van der Waals surface area contributed by atoms with Gasteiger partial charge in [0.15, 0.2) is 0 Å². The Balaban J connectivity index is 1.52. The number of aromatic nitrogens is 6. The smallest absolute Gasteiger partial charge is 0.258 e. The third kappa shape index (κ3) is 3.42. The van der Waals surface area contributed by atoms with Crippen molar-refractivity contribution < 1.29 is 4.74 Å². The van der Waals surface area contributed by atoms with E-state index in [4.69, 9.17) is 4.74 Å². The fourth-order valence-electron chi connectivity index (χ4n) is 2.92. The number of hydrogen-bond donors (Lipinski definition) is 0. The first-order chi connectivity index (χ1) is 12.2. The molecule has 0 bridgehead atoms. The second kappa shape index (κ2) is 6.93. The largest absolute Gasteiger partial charge is 0.376 e. The minimum Gasteiger partial charge on any atom is -0.376 e. The molecule has 0 saturated carbocycles. The van der Waals surface area contributed by atoms with Crippen LogP contribution in [0.5, 0.6) is 0 Å². The molecule has 25 heavy (non-hydrogen) atoms. The van der Waals surface area contributed by atoms with Crippen LogP contribution in [0.25, 0.3) is 5.65 Å². The fourth-order valence-corrected chi connectivity index (χ4v) is 3.70. The molecular weight excluding hydrogens is 340 g/mol. The number of tetrazole rings is 1. The molecule has 4 rings (SSSR count). The Bertz CT molecular complexity index is 947. The highest BCUT2D eigenvalue weighted by molar-refractivity contribution is 7.98. The van der Waals surface area contributed by atoms with Gasteiger partial charge in [0, 0.05) is 24.6 Å². The number of thioether (sulfide) groups is 1. The zero-order valence-electron chi connectivity index (χ0n) is 13.8. The molecule has 4 heterocycles. The zero-order chi connectivity index (χ0) is 17.2. The van der Waals surface area contributed by atoms with Gasteiger partial charge in [-0.2, -0.15) is 0 Å². The third-order valence-electron chi connectivity index (χ3n) is 4.19. The van der Waals surface area contributed by atoms with Crippen molar-refractivity contribution in [3.63, 3.8) is 0 Å². The maximum atomic E-state index is 12.3. The molecule has 0 aromatic carbocycles. The third-order valence-corrected chi connectivity index (χ3v) is 5.18. The van der Waals surface area contributed by atoms with E-state index in [1.165, 1.54) is 11.8 Å². The van der Waals surface area contributed by atoms with Crippen molar-refractivity contribution in [3.8, 4) is 0 Å². The first-order valence-electron chi connectivity index (χ1n) is 8.19.